The molecule has 1 aliphatic rings. The van der Waals surface area contributed by atoms with E-state index < -0.39 is 10.8 Å². The summed E-state index contributed by atoms with van der Waals surface area (Å²) in [6.07, 6.45) is 2.53. The number of hydrogen-bond donors (Lipinski definition) is 2. The second-order valence-electron chi connectivity index (χ2n) is 9.93. The molecule has 0 unspecified atom stereocenters. The zero-order chi connectivity index (χ0) is 27.5. The summed E-state index contributed by atoms with van der Waals surface area (Å²) in [6.45, 7) is 5.83. The highest BCUT2D eigenvalue weighted by molar-refractivity contribution is 7.80. The van der Waals surface area contributed by atoms with Crippen LogP contribution in [-0.2, 0) is 6.42 Å². The Hall–Kier alpha value is -4.31. The molecular formula is C29H29N5O4S. The Morgan fingerprint density at radius 3 is 2.54 bits per heavy atom. The minimum atomic E-state index is -0.517. The Morgan fingerprint density at radius 2 is 1.85 bits per heavy atom. The van der Waals surface area contributed by atoms with Crippen molar-refractivity contribution in [2.24, 2.45) is 0 Å². The van der Waals surface area contributed by atoms with Crippen molar-refractivity contribution in [1.82, 2.24) is 10.3 Å². The standard InChI is InChI=1S/C29H29N5O4S/c1-18(2)20-8-12-26-23(16-20)31-27(38-26)15-19-5-9-22(10-6-19)30-29(39)32-28(35)21-7-11-24(25(17-21)34(36)37)33-13-3-4-14-33/h5-12,16-18H,3-4,13-15H2,1-2H3,(H2,30,32,35,39). The number of nitro groups is 1. The van der Waals surface area contributed by atoms with Gasteiger partial charge in [-0.25, -0.2) is 4.98 Å². The minimum Gasteiger partial charge on any atom is -0.440 e. The first-order valence-corrected chi connectivity index (χ1v) is 13.3. The summed E-state index contributed by atoms with van der Waals surface area (Å²) in [5, 5.41) is 17.3. The van der Waals surface area contributed by atoms with Crippen molar-refractivity contribution in [2.75, 3.05) is 23.3 Å². The fraction of sp³-hybridized carbons (Fsp3) is 0.276. The van der Waals surface area contributed by atoms with E-state index >= 15 is 0 Å². The lowest BCUT2D eigenvalue weighted by molar-refractivity contribution is -0.384. The lowest BCUT2D eigenvalue weighted by Crippen LogP contribution is -2.34. The highest BCUT2D eigenvalue weighted by atomic mass is 32.1. The van der Waals surface area contributed by atoms with E-state index in [1.54, 1.807) is 12.1 Å². The van der Waals surface area contributed by atoms with Crippen LogP contribution in [0.25, 0.3) is 11.1 Å². The molecule has 9 nitrogen and oxygen atoms in total. The quantitative estimate of drug-likeness (QED) is 0.161. The molecule has 0 aliphatic carbocycles. The Bertz CT molecular complexity index is 1540. The van der Waals surface area contributed by atoms with Gasteiger partial charge in [0.2, 0.25) is 0 Å². The van der Waals surface area contributed by atoms with E-state index in [2.05, 4.69) is 41.6 Å². The molecule has 0 spiro atoms. The van der Waals surface area contributed by atoms with Gasteiger partial charge in [0.25, 0.3) is 11.6 Å². The fourth-order valence-corrected chi connectivity index (χ4v) is 4.89. The SMILES string of the molecule is CC(C)c1ccc2oc(Cc3ccc(NC(=S)NC(=O)c4ccc(N5CCCC5)c([N+](=O)[O-])c4)cc3)nc2c1. The third-order valence-electron chi connectivity index (χ3n) is 6.80. The van der Waals surface area contributed by atoms with Crippen molar-refractivity contribution < 1.29 is 14.1 Å². The fourth-order valence-electron chi connectivity index (χ4n) is 4.68. The van der Waals surface area contributed by atoms with Gasteiger partial charge in [0.05, 0.1) is 4.92 Å². The van der Waals surface area contributed by atoms with E-state index in [1.165, 1.54) is 11.6 Å². The highest BCUT2D eigenvalue weighted by Crippen LogP contribution is 2.31. The Labute approximate surface area is 231 Å². The molecular weight excluding hydrogens is 514 g/mol. The molecule has 200 valence electrons. The number of anilines is 2. The monoisotopic (exact) mass is 543 g/mol. The van der Waals surface area contributed by atoms with Crippen LogP contribution in [0, 0.1) is 10.1 Å². The van der Waals surface area contributed by atoms with Gasteiger partial charge in [-0.2, -0.15) is 0 Å². The van der Waals surface area contributed by atoms with Gasteiger partial charge in [-0.3, -0.25) is 20.2 Å². The molecule has 1 aliphatic heterocycles. The number of hydrogen-bond acceptors (Lipinski definition) is 7. The van der Waals surface area contributed by atoms with Crippen LogP contribution >= 0.6 is 12.2 Å². The van der Waals surface area contributed by atoms with Crippen molar-refractivity contribution in [3.05, 3.63) is 93.4 Å². The van der Waals surface area contributed by atoms with E-state index in [9.17, 15) is 14.9 Å². The predicted octanol–water partition coefficient (Wildman–Crippen LogP) is 6.18. The van der Waals surface area contributed by atoms with Crippen molar-refractivity contribution in [1.29, 1.82) is 0 Å². The van der Waals surface area contributed by atoms with Gasteiger partial charge in [0.1, 0.15) is 11.2 Å². The lowest BCUT2D eigenvalue weighted by atomic mass is 10.0. The molecule has 10 heteroatoms. The molecule has 1 amide bonds. The summed E-state index contributed by atoms with van der Waals surface area (Å²) >= 11 is 5.30. The van der Waals surface area contributed by atoms with Gasteiger partial charge >= 0.3 is 0 Å². The number of amides is 1. The first-order valence-electron chi connectivity index (χ1n) is 12.9. The van der Waals surface area contributed by atoms with Crippen molar-refractivity contribution >= 4 is 51.4 Å². The first-order chi connectivity index (χ1) is 18.8. The molecule has 0 radical (unpaired) electrons. The van der Waals surface area contributed by atoms with Gasteiger partial charge in [-0.15, -0.1) is 0 Å². The maximum Gasteiger partial charge on any atom is 0.293 e. The summed E-state index contributed by atoms with van der Waals surface area (Å²) in [5.41, 5.74) is 5.17. The Morgan fingerprint density at radius 1 is 1.10 bits per heavy atom. The number of nitro benzene ring substituents is 1. The van der Waals surface area contributed by atoms with Crippen LogP contribution in [0.2, 0.25) is 0 Å². The van der Waals surface area contributed by atoms with Crippen LogP contribution in [0.4, 0.5) is 17.1 Å². The molecule has 1 fully saturated rings. The Kier molecular flexibility index (Phi) is 7.56. The molecule has 0 bridgehead atoms. The zero-order valence-corrected chi connectivity index (χ0v) is 22.6. The van der Waals surface area contributed by atoms with E-state index in [0.29, 0.717) is 29.6 Å². The number of carbonyl (C=O) groups excluding carboxylic acids is 1. The van der Waals surface area contributed by atoms with Crippen molar-refractivity contribution in [3.8, 4) is 0 Å². The van der Waals surface area contributed by atoms with Gasteiger partial charge in [0, 0.05) is 36.8 Å². The summed E-state index contributed by atoms with van der Waals surface area (Å²) in [7, 11) is 0. The molecule has 1 aromatic heterocycles. The van der Waals surface area contributed by atoms with Crippen LogP contribution in [0.15, 0.2) is 65.1 Å². The normalized spacial score (nSPS) is 13.2. The van der Waals surface area contributed by atoms with E-state index in [4.69, 9.17) is 16.6 Å². The number of benzene rings is 3. The maximum atomic E-state index is 12.7. The van der Waals surface area contributed by atoms with Crippen LogP contribution in [0.3, 0.4) is 0 Å². The molecule has 2 heterocycles. The van der Waals surface area contributed by atoms with E-state index in [-0.39, 0.29) is 16.4 Å². The van der Waals surface area contributed by atoms with Crippen molar-refractivity contribution in [3.63, 3.8) is 0 Å². The maximum absolute atomic E-state index is 12.7. The smallest absolute Gasteiger partial charge is 0.293 e. The number of nitrogens with one attached hydrogen (secondary N) is 2. The molecule has 1 saturated heterocycles. The number of fused-ring (bicyclic) bond motifs is 1. The summed E-state index contributed by atoms with van der Waals surface area (Å²) in [5.74, 6) is 0.542. The van der Waals surface area contributed by atoms with Crippen LogP contribution in [0.5, 0.6) is 0 Å². The topological polar surface area (TPSA) is 114 Å². The lowest BCUT2D eigenvalue weighted by Gasteiger charge is -2.18. The van der Waals surface area contributed by atoms with Gasteiger partial charge in [0.15, 0.2) is 16.6 Å². The highest BCUT2D eigenvalue weighted by Gasteiger charge is 2.24. The molecule has 3 aromatic carbocycles. The minimum absolute atomic E-state index is 0.0849. The number of rotatable bonds is 7. The second kappa shape index (κ2) is 11.2. The summed E-state index contributed by atoms with van der Waals surface area (Å²) in [6, 6.07) is 18.2. The molecule has 4 aromatic rings. The molecule has 0 saturated carbocycles. The van der Waals surface area contributed by atoms with E-state index in [1.807, 2.05) is 35.2 Å². The third kappa shape index (κ3) is 6.06. The predicted molar refractivity (Wildman–Crippen MR) is 156 cm³/mol. The second-order valence-corrected chi connectivity index (χ2v) is 10.3. The third-order valence-corrected chi connectivity index (χ3v) is 7.00. The van der Waals surface area contributed by atoms with Gasteiger partial charge in [-0.05, 0) is 78.5 Å². The zero-order valence-electron chi connectivity index (χ0n) is 21.8. The average molecular weight is 544 g/mol. The summed E-state index contributed by atoms with van der Waals surface area (Å²) in [4.78, 5) is 30.5. The van der Waals surface area contributed by atoms with Gasteiger partial charge in [-0.1, -0.05) is 32.0 Å². The van der Waals surface area contributed by atoms with Crippen LogP contribution < -0.4 is 15.5 Å². The molecule has 0 atom stereocenters. The molecule has 39 heavy (non-hydrogen) atoms. The number of aromatic nitrogens is 1. The number of thiocarbonyl (C=S) groups is 1. The number of oxazole rings is 1. The van der Waals surface area contributed by atoms with Crippen LogP contribution in [-0.4, -0.2) is 34.0 Å². The average Bonchev–Trinajstić information content (AvgIpc) is 3.59. The van der Waals surface area contributed by atoms with Gasteiger partial charge < -0.3 is 14.6 Å². The Balaban J connectivity index is 1.20. The van der Waals surface area contributed by atoms with E-state index in [0.717, 1.165) is 42.6 Å². The largest absolute Gasteiger partial charge is 0.440 e. The summed E-state index contributed by atoms with van der Waals surface area (Å²) < 4.78 is 5.91. The molecule has 2 N–H and O–H groups in total. The number of carbonyl (C=O) groups is 1. The van der Waals surface area contributed by atoms with Crippen LogP contribution in [0.1, 0.15) is 60.0 Å². The first kappa shape index (κ1) is 26.3. The van der Waals surface area contributed by atoms with Crippen molar-refractivity contribution in [2.45, 2.75) is 39.0 Å². The molecule has 5 rings (SSSR count). The number of nitrogens with zero attached hydrogens (tertiary/aromatic N) is 3.